The molecule has 1 aliphatic heterocycles. The predicted octanol–water partition coefficient (Wildman–Crippen LogP) is 2.56. The van der Waals surface area contributed by atoms with E-state index in [4.69, 9.17) is 16.3 Å². The quantitative estimate of drug-likeness (QED) is 0.422. The lowest BCUT2D eigenvalue weighted by molar-refractivity contribution is -0.131. The van der Waals surface area contributed by atoms with E-state index in [2.05, 4.69) is 10.4 Å². The van der Waals surface area contributed by atoms with Crippen LogP contribution in [0.3, 0.4) is 0 Å². The second-order valence-corrected chi connectivity index (χ2v) is 6.42. The maximum atomic E-state index is 12.8. The number of carbonyl (C=O) groups is 2. The van der Waals surface area contributed by atoms with Crippen LogP contribution in [0.5, 0.6) is 17.2 Å². The minimum atomic E-state index is -1.28. The summed E-state index contributed by atoms with van der Waals surface area (Å²) in [5, 5.41) is 26.2. The van der Waals surface area contributed by atoms with Crippen LogP contribution in [-0.4, -0.2) is 40.5 Å². The van der Waals surface area contributed by atoms with Gasteiger partial charge in [0.15, 0.2) is 11.5 Å². The molecule has 2 aromatic carbocycles. The first kappa shape index (κ1) is 18.5. The van der Waals surface area contributed by atoms with Crippen LogP contribution in [0.15, 0.2) is 41.5 Å². The van der Waals surface area contributed by atoms with Crippen molar-refractivity contribution in [2.75, 3.05) is 7.11 Å². The Morgan fingerprint density at radius 3 is 2.48 bits per heavy atom. The minimum Gasteiger partial charge on any atom is -0.504 e. The Balaban J connectivity index is 1.87. The number of phenolic OH excluding ortho intramolecular Hbond substituents is 2. The molecule has 140 valence electrons. The zero-order valence-electron chi connectivity index (χ0n) is 14.4. The summed E-state index contributed by atoms with van der Waals surface area (Å²) in [5.74, 6) is -0.846. The summed E-state index contributed by atoms with van der Waals surface area (Å²) in [4.78, 5) is 25.0. The van der Waals surface area contributed by atoms with E-state index in [0.29, 0.717) is 21.9 Å². The molecule has 0 aromatic heterocycles. The van der Waals surface area contributed by atoms with Crippen molar-refractivity contribution >= 4 is 29.8 Å². The lowest BCUT2D eigenvalue weighted by atomic mass is 9.92. The van der Waals surface area contributed by atoms with Crippen molar-refractivity contribution in [3.8, 4) is 17.2 Å². The standard InChI is InChI=1S/C18H16ClN3O5/c1-18(11-3-5-12(27-2)6-4-11)16(25)22(17(26)21-18)20-9-10-7-13(19)15(24)14(23)8-10/h3-9,23-24H,1-2H3,(H,21,26)/b20-9+/t18-/m1/s1. The Hall–Kier alpha value is -3.26. The van der Waals surface area contributed by atoms with Gasteiger partial charge < -0.3 is 20.3 Å². The van der Waals surface area contributed by atoms with E-state index < -0.39 is 29.0 Å². The van der Waals surface area contributed by atoms with E-state index in [-0.39, 0.29) is 5.02 Å². The fourth-order valence-electron chi connectivity index (χ4n) is 2.65. The van der Waals surface area contributed by atoms with Gasteiger partial charge in [-0.15, -0.1) is 5.01 Å². The van der Waals surface area contributed by atoms with Crippen LogP contribution in [0.4, 0.5) is 4.79 Å². The third-order valence-corrected chi connectivity index (χ3v) is 4.51. The number of hydrogen-bond donors (Lipinski definition) is 3. The van der Waals surface area contributed by atoms with Gasteiger partial charge in [0.1, 0.15) is 11.3 Å². The number of hydrazone groups is 1. The second kappa shape index (κ2) is 6.81. The van der Waals surface area contributed by atoms with Gasteiger partial charge in [0, 0.05) is 0 Å². The number of hydrogen-bond acceptors (Lipinski definition) is 6. The van der Waals surface area contributed by atoms with Crippen molar-refractivity contribution in [3.63, 3.8) is 0 Å². The van der Waals surface area contributed by atoms with Crippen LogP contribution in [-0.2, 0) is 10.3 Å². The molecule has 1 atom stereocenters. The number of methoxy groups -OCH3 is 1. The first-order valence-electron chi connectivity index (χ1n) is 7.83. The predicted molar refractivity (Wildman–Crippen MR) is 98.1 cm³/mol. The summed E-state index contributed by atoms with van der Waals surface area (Å²) in [6.07, 6.45) is 1.18. The molecule has 1 fully saturated rings. The number of phenols is 2. The minimum absolute atomic E-state index is 0.0864. The number of nitrogens with one attached hydrogen (secondary N) is 1. The Morgan fingerprint density at radius 1 is 1.22 bits per heavy atom. The topological polar surface area (TPSA) is 111 Å². The van der Waals surface area contributed by atoms with Crippen LogP contribution in [0.2, 0.25) is 5.02 Å². The summed E-state index contributed by atoms with van der Waals surface area (Å²) in [5.41, 5.74) is -0.409. The summed E-state index contributed by atoms with van der Waals surface area (Å²) in [6, 6.07) is 8.58. The fraction of sp³-hybridized carbons (Fsp3) is 0.167. The lowest BCUT2D eigenvalue weighted by Gasteiger charge is -2.21. The number of carbonyl (C=O) groups excluding carboxylic acids is 2. The molecule has 0 aliphatic carbocycles. The Labute approximate surface area is 159 Å². The number of aromatic hydroxyl groups is 2. The van der Waals surface area contributed by atoms with Crippen molar-refractivity contribution in [2.45, 2.75) is 12.5 Å². The van der Waals surface area contributed by atoms with Crippen LogP contribution in [0.25, 0.3) is 0 Å². The summed E-state index contributed by atoms with van der Waals surface area (Å²) in [6.45, 7) is 1.58. The van der Waals surface area contributed by atoms with E-state index in [1.54, 1.807) is 31.2 Å². The molecule has 3 N–H and O–H groups in total. The Bertz CT molecular complexity index is 922. The zero-order valence-corrected chi connectivity index (χ0v) is 15.2. The maximum Gasteiger partial charge on any atom is 0.346 e. The highest BCUT2D eigenvalue weighted by molar-refractivity contribution is 6.32. The van der Waals surface area contributed by atoms with Crippen molar-refractivity contribution < 1.29 is 24.5 Å². The summed E-state index contributed by atoms with van der Waals surface area (Å²) < 4.78 is 5.09. The highest BCUT2D eigenvalue weighted by atomic mass is 35.5. The first-order valence-corrected chi connectivity index (χ1v) is 8.20. The van der Waals surface area contributed by atoms with Crippen molar-refractivity contribution in [1.29, 1.82) is 0 Å². The summed E-state index contributed by atoms with van der Waals surface area (Å²) in [7, 11) is 1.53. The second-order valence-electron chi connectivity index (χ2n) is 6.02. The summed E-state index contributed by atoms with van der Waals surface area (Å²) >= 11 is 5.78. The molecule has 9 heteroatoms. The number of nitrogens with zero attached hydrogens (tertiary/aromatic N) is 2. The van der Waals surface area contributed by atoms with Crippen molar-refractivity contribution in [1.82, 2.24) is 10.3 Å². The Morgan fingerprint density at radius 2 is 1.89 bits per heavy atom. The van der Waals surface area contributed by atoms with Crippen LogP contribution in [0.1, 0.15) is 18.1 Å². The average Bonchev–Trinajstić information content (AvgIpc) is 2.87. The highest BCUT2D eigenvalue weighted by Crippen LogP contribution is 2.34. The smallest absolute Gasteiger partial charge is 0.346 e. The monoisotopic (exact) mass is 389 g/mol. The molecule has 0 radical (unpaired) electrons. The van der Waals surface area contributed by atoms with E-state index in [9.17, 15) is 19.8 Å². The molecule has 27 heavy (non-hydrogen) atoms. The van der Waals surface area contributed by atoms with Crippen LogP contribution in [0, 0.1) is 0 Å². The van der Waals surface area contributed by atoms with Crippen LogP contribution >= 0.6 is 11.6 Å². The molecule has 1 saturated heterocycles. The number of rotatable bonds is 4. The van der Waals surface area contributed by atoms with Gasteiger partial charge in [0.25, 0.3) is 5.91 Å². The molecule has 0 bridgehead atoms. The van der Waals surface area contributed by atoms with Gasteiger partial charge in [0.05, 0.1) is 18.3 Å². The van der Waals surface area contributed by atoms with E-state index in [0.717, 1.165) is 0 Å². The van der Waals surface area contributed by atoms with Gasteiger partial charge in [-0.25, -0.2) is 4.79 Å². The van der Waals surface area contributed by atoms with E-state index >= 15 is 0 Å². The SMILES string of the molecule is COc1ccc([C@@]2(C)NC(=O)N(/N=C/c3cc(O)c(O)c(Cl)c3)C2=O)cc1. The molecule has 3 amide bonds. The van der Waals surface area contributed by atoms with Gasteiger partial charge in [0.2, 0.25) is 0 Å². The van der Waals surface area contributed by atoms with Gasteiger partial charge in [-0.1, -0.05) is 23.7 Å². The average molecular weight is 390 g/mol. The molecule has 8 nitrogen and oxygen atoms in total. The van der Waals surface area contributed by atoms with Gasteiger partial charge in [-0.2, -0.15) is 5.10 Å². The molecule has 1 heterocycles. The van der Waals surface area contributed by atoms with Crippen LogP contribution < -0.4 is 10.1 Å². The molecule has 0 spiro atoms. The van der Waals surface area contributed by atoms with E-state index in [1.807, 2.05) is 0 Å². The molecule has 0 saturated carbocycles. The van der Waals surface area contributed by atoms with Gasteiger partial charge >= 0.3 is 6.03 Å². The molecule has 1 aliphatic rings. The number of imide groups is 1. The lowest BCUT2D eigenvalue weighted by Crippen LogP contribution is -2.40. The van der Waals surface area contributed by atoms with Crippen molar-refractivity contribution in [2.24, 2.45) is 5.10 Å². The number of urea groups is 1. The largest absolute Gasteiger partial charge is 0.504 e. The zero-order chi connectivity index (χ0) is 19.8. The first-order chi connectivity index (χ1) is 12.8. The van der Waals surface area contributed by atoms with Crippen molar-refractivity contribution in [3.05, 3.63) is 52.5 Å². The number of ether oxygens (including phenoxy) is 1. The maximum absolute atomic E-state index is 12.8. The third kappa shape index (κ3) is 3.26. The Kier molecular flexibility index (Phi) is 4.67. The normalized spacial score (nSPS) is 19.6. The number of halogens is 1. The van der Waals surface area contributed by atoms with Gasteiger partial charge in [-0.3, -0.25) is 4.79 Å². The van der Waals surface area contributed by atoms with Gasteiger partial charge in [-0.05, 0) is 42.3 Å². The molecule has 0 unspecified atom stereocenters. The van der Waals surface area contributed by atoms with E-state index in [1.165, 1.54) is 25.5 Å². The number of benzene rings is 2. The molecule has 3 rings (SSSR count). The molecule has 2 aromatic rings. The molecular formula is C18H16ClN3O5. The highest BCUT2D eigenvalue weighted by Gasteiger charge is 2.49. The number of amides is 3. The molecular weight excluding hydrogens is 374 g/mol. The fourth-order valence-corrected chi connectivity index (χ4v) is 2.88. The third-order valence-electron chi connectivity index (χ3n) is 4.22.